The number of anilines is 1. The lowest BCUT2D eigenvalue weighted by Gasteiger charge is -2.33. The van der Waals surface area contributed by atoms with Gasteiger partial charge in [0, 0.05) is 36.4 Å². The number of nitrogens with one attached hydrogen (secondary N) is 2. The molecule has 0 spiro atoms. The van der Waals surface area contributed by atoms with Crippen LogP contribution in [-0.4, -0.2) is 36.6 Å². The Morgan fingerprint density at radius 3 is 3.12 bits per heavy atom. The summed E-state index contributed by atoms with van der Waals surface area (Å²) >= 11 is 5.87. The van der Waals surface area contributed by atoms with Gasteiger partial charge in [0.1, 0.15) is 0 Å². The standard InChI is InChI=1S/C12H16ClN3O/c1-9-8-14-5-6-16(9)12(17)15-11-4-2-3-10(13)7-11/h2-4,7,9,14H,5-6,8H2,1H3,(H,15,17)/t9-/m1/s1. The first-order valence-electron chi connectivity index (χ1n) is 5.71. The number of hydrogen-bond acceptors (Lipinski definition) is 2. The molecule has 2 amide bonds. The van der Waals surface area contributed by atoms with Crippen LogP contribution in [0.5, 0.6) is 0 Å². The summed E-state index contributed by atoms with van der Waals surface area (Å²) in [4.78, 5) is 13.9. The van der Waals surface area contributed by atoms with Crippen molar-refractivity contribution in [2.75, 3.05) is 25.0 Å². The summed E-state index contributed by atoms with van der Waals surface area (Å²) in [6, 6.07) is 7.32. The molecular weight excluding hydrogens is 238 g/mol. The van der Waals surface area contributed by atoms with Gasteiger partial charge >= 0.3 is 6.03 Å². The molecule has 1 saturated heterocycles. The molecule has 1 aromatic carbocycles. The third-order valence-electron chi connectivity index (χ3n) is 2.84. The van der Waals surface area contributed by atoms with Crippen molar-refractivity contribution in [1.82, 2.24) is 10.2 Å². The van der Waals surface area contributed by atoms with Crippen LogP contribution in [0, 0.1) is 0 Å². The topological polar surface area (TPSA) is 44.4 Å². The van der Waals surface area contributed by atoms with Gasteiger partial charge in [-0.2, -0.15) is 0 Å². The maximum atomic E-state index is 12.0. The predicted octanol–water partition coefficient (Wildman–Crippen LogP) is 2.17. The highest BCUT2D eigenvalue weighted by molar-refractivity contribution is 6.30. The summed E-state index contributed by atoms with van der Waals surface area (Å²) < 4.78 is 0. The number of carbonyl (C=O) groups is 1. The number of hydrogen-bond donors (Lipinski definition) is 2. The van der Waals surface area contributed by atoms with Crippen LogP contribution in [0.25, 0.3) is 0 Å². The highest BCUT2D eigenvalue weighted by Gasteiger charge is 2.22. The molecule has 0 radical (unpaired) electrons. The molecule has 92 valence electrons. The molecule has 2 N–H and O–H groups in total. The third kappa shape index (κ3) is 3.11. The van der Waals surface area contributed by atoms with Crippen LogP contribution in [0.3, 0.4) is 0 Å². The molecule has 0 aliphatic carbocycles. The molecule has 4 nitrogen and oxygen atoms in total. The molecule has 1 fully saturated rings. The van der Waals surface area contributed by atoms with Crippen LogP contribution in [0.4, 0.5) is 10.5 Å². The molecule has 1 aliphatic rings. The Hall–Kier alpha value is -1.26. The van der Waals surface area contributed by atoms with Crippen molar-refractivity contribution in [3.05, 3.63) is 29.3 Å². The number of carbonyl (C=O) groups excluding carboxylic acids is 1. The summed E-state index contributed by atoms with van der Waals surface area (Å²) in [5.74, 6) is 0. The van der Waals surface area contributed by atoms with Crippen LogP contribution in [0.2, 0.25) is 5.02 Å². The molecule has 0 saturated carbocycles. The monoisotopic (exact) mass is 253 g/mol. The zero-order chi connectivity index (χ0) is 12.3. The zero-order valence-corrected chi connectivity index (χ0v) is 10.5. The van der Waals surface area contributed by atoms with Gasteiger partial charge < -0.3 is 15.5 Å². The maximum absolute atomic E-state index is 12.0. The van der Waals surface area contributed by atoms with E-state index < -0.39 is 0 Å². The fourth-order valence-corrected chi connectivity index (χ4v) is 2.09. The van der Waals surface area contributed by atoms with Crippen LogP contribution in [-0.2, 0) is 0 Å². The summed E-state index contributed by atoms with van der Waals surface area (Å²) in [7, 11) is 0. The van der Waals surface area contributed by atoms with E-state index in [1.165, 1.54) is 0 Å². The van der Waals surface area contributed by atoms with Gasteiger partial charge in [0.25, 0.3) is 0 Å². The van der Waals surface area contributed by atoms with E-state index in [2.05, 4.69) is 10.6 Å². The molecule has 2 rings (SSSR count). The fraction of sp³-hybridized carbons (Fsp3) is 0.417. The first-order valence-corrected chi connectivity index (χ1v) is 6.08. The van der Waals surface area contributed by atoms with Crippen molar-refractivity contribution in [3.63, 3.8) is 0 Å². The summed E-state index contributed by atoms with van der Waals surface area (Å²) in [5, 5.41) is 6.73. The van der Waals surface area contributed by atoms with Gasteiger partial charge in [0.15, 0.2) is 0 Å². The van der Waals surface area contributed by atoms with Crippen LogP contribution < -0.4 is 10.6 Å². The normalized spacial score (nSPS) is 20.1. The lowest BCUT2D eigenvalue weighted by atomic mass is 10.2. The highest BCUT2D eigenvalue weighted by Crippen LogP contribution is 2.16. The summed E-state index contributed by atoms with van der Waals surface area (Å²) in [6.07, 6.45) is 0. The van der Waals surface area contributed by atoms with Crippen LogP contribution in [0.15, 0.2) is 24.3 Å². The second-order valence-corrected chi connectivity index (χ2v) is 4.62. The molecular formula is C12H16ClN3O. The lowest BCUT2D eigenvalue weighted by Crippen LogP contribution is -2.53. The van der Waals surface area contributed by atoms with Crippen molar-refractivity contribution in [1.29, 1.82) is 0 Å². The minimum absolute atomic E-state index is 0.0683. The molecule has 0 unspecified atom stereocenters. The SMILES string of the molecule is C[C@@H]1CNCCN1C(=O)Nc1cccc(Cl)c1. The first kappa shape index (κ1) is 12.2. The minimum Gasteiger partial charge on any atom is -0.319 e. The Labute approximate surface area is 106 Å². The number of amides is 2. The molecule has 17 heavy (non-hydrogen) atoms. The Morgan fingerprint density at radius 1 is 1.59 bits per heavy atom. The van der Waals surface area contributed by atoms with Gasteiger partial charge in [0.05, 0.1) is 0 Å². The zero-order valence-electron chi connectivity index (χ0n) is 9.74. The highest BCUT2D eigenvalue weighted by atomic mass is 35.5. The van der Waals surface area contributed by atoms with Gasteiger partial charge in [-0.3, -0.25) is 0 Å². The Kier molecular flexibility index (Phi) is 3.86. The smallest absolute Gasteiger partial charge is 0.319 e. The van der Waals surface area contributed by atoms with Crippen molar-refractivity contribution >= 4 is 23.3 Å². The van der Waals surface area contributed by atoms with E-state index in [0.717, 1.165) is 25.3 Å². The predicted molar refractivity (Wildman–Crippen MR) is 69.5 cm³/mol. The number of piperazine rings is 1. The van der Waals surface area contributed by atoms with Crippen molar-refractivity contribution in [2.24, 2.45) is 0 Å². The van der Waals surface area contributed by atoms with E-state index in [4.69, 9.17) is 11.6 Å². The number of halogens is 1. The van der Waals surface area contributed by atoms with E-state index in [0.29, 0.717) is 5.02 Å². The largest absolute Gasteiger partial charge is 0.322 e. The van der Waals surface area contributed by atoms with Crippen LogP contribution in [0.1, 0.15) is 6.92 Å². The maximum Gasteiger partial charge on any atom is 0.322 e. The number of urea groups is 1. The molecule has 0 bridgehead atoms. The average molecular weight is 254 g/mol. The van der Waals surface area contributed by atoms with E-state index in [9.17, 15) is 4.79 Å². The average Bonchev–Trinajstić information content (AvgIpc) is 2.29. The van der Waals surface area contributed by atoms with Gasteiger partial charge in [0.2, 0.25) is 0 Å². The Bertz CT molecular complexity index is 410. The third-order valence-corrected chi connectivity index (χ3v) is 3.07. The van der Waals surface area contributed by atoms with Crippen molar-refractivity contribution in [3.8, 4) is 0 Å². The second kappa shape index (κ2) is 5.38. The van der Waals surface area contributed by atoms with E-state index >= 15 is 0 Å². The molecule has 1 aliphatic heterocycles. The van der Waals surface area contributed by atoms with Crippen molar-refractivity contribution < 1.29 is 4.79 Å². The van der Waals surface area contributed by atoms with E-state index in [1.807, 2.05) is 24.0 Å². The quantitative estimate of drug-likeness (QED) is 0.806. The molecule has 1 aromatic rings. The Morgan fingerprint density at radius 2 is 2.41 bits per heavy atom. The number of rotatable bonds is 1. The van der Waals surface area contributed by atoms with Gasteiger partial charge in [-0.05, 0) is 25.1 Å². The van der Waals surface area contributed by atoms with Gasteiger partial charge in [-0.1, -0.05) is 17.7 Å². The van der Waals surface area contributed by atoms with Crippen molar-refractivity contribution in [2.45, 2.75) is 13.0 Å². The van der Waals surface area contributed by atoms with E-state index in [-0.39, 0.29) is 12.1 Å². The summed E-state index contributed by atoms with van der Waals surface area (Å²) in [5.41, 5.74) is 0.730. The fourth-order valence-electron chi connectivity index (χ4n) is 1.90. The molecule has 0 aromatic heterocycles. The van der Waals surface area contributed by atoms with Gasteiger partial charge in [-0.15, -0.1) is 0 Å². The molecule has 1 heterocycles. The number of benzene rings is 1. The lowest BCUT2D eigenvalue weighted by molar-refractivity contribution is 0.177. The molecule has 5 heteroatoms. The van der Waals surface area contributed by atoms with E-state index in [1.54, 1.807) is 12.1 Å². The first-order chi connectivity index (χ1) is 8.16. The van der Waals surface area contributed by atoms with Gasteiger partial charge in [-0.25, -0.2) is 4.79 Å². The summed E-state index contributed by atoms with van der Waals surface area (Å²) in [6.45, 7) is 4.44. The Balaban J connectivity index is 2.01. The molecule has 1 atom stereocenters. The second-order valence-electron chi connectivity index (χ2n) is 4.19. The van der Waals surface area contributed by atoms with Crippen LogP contribution >= 0.6 is 11.6 Å². The number of nitrogens with zero attached hydrogens (tertiary/aromatic N) is 1. The minimum atomic E-state index is -0.0683.